The van der Waals surface area contributed by atoms with Gasteiger partial charge in [-0.25, -0.2) is 20.6 Å². The van der Waals surface area contributed by atoms with Crippen molar-refractivity contribution >= 4 is 37.0 Å². The van der Waals surface area contributed by atoms with Crippen molar-refractivity contribution in [3.8, 4) is 5.75 Å². The van der Waals surface area contributed by atoms with Gasteiger partial charge in [0, 0.05) is 12.8 Å². The lowest BCUT2D eigenvalue weighted by Gasteiger charge is -2.29. The first-order valence-electron chi connectivity index (χ1n) is 15.5. The Morgan fingerprint density at radius 1 is 1.12 bits per heavy atom. The molecule has 6 atom stereocenters. The summed E-state index contributed by atoms with van der Waals surface area (Å²) in [4.78, 5) is 46.0. The highest BCUT2D eigenvalue weighted by molar-refractivity contribution is 7.52. The van der Waals surface area contributed by atoms with Crippen LogP contribution in [0.25, 0.3) is 10.4 Å². The molecule has 0 spiro atoms. The number of fused-ring (bicyclic) bond motifs is 1. The van der Waals surface area contributed by atoms with Gasteiger partial charge in [0.15, 0.2) is 18.5 Å². The van der Waals surface area contributed by atoms with Gasteiger partial charge in [0.1, 0.15) is 35.8 Å². The molecule has 2 aromatic heterocycles. The third-order valence-electron chi connectivity index (χ3n) is 7.92. The van der Waals surface area contributed by atoms with Crippen LogP contribution < -0.4 is 15.3 Å². The predicted octanol–water partition coefficient (Wildman–Crippen LogP) is 3.92. The van der Waals surface area contributed by atoms with Gasteiger partial charge in [0.2, 0.25) is 6.10 Å². The fourth-order valence-corrected chi connectivity index (χ4v) is 6.61. The van der Waals surface area contributed by atoms with Crippen LogP contribution in [0.4, 0.5) is 5.82 Å². The van der Waals surface area contributed by atoms with Crippen molar-refractivity contribution in [2.24, 2.45) is 0 Å². The number of carbonyl (C=O) groups excluding carboxylic acids is 3. The first-order chi connectivity index (χ1) is 23.0. The van der Waals surface area contributed by atoms with Crippen molar-refractivity contribution in [1.82, 2.24) is 19.7 Å². The number of rotatable bonds is 14. The minimum atomic E-state index is -4.50. The molecule has 3 aromatic rings. The molecule has 0 bridgehead atoms. The minimum absolute atomic E-state index is 0.0396. The van der Waals surface area contributed by atoms with E-state index in [1.165, 1.54) is 29.9 Å². The molecular weight excluding hydrogens is 647 g/mol. The van der Waals surface area contributed by atoms with Gasteiger partial charge in [-0.2, -0.15) is 10.2 Å². The van der Waals surface area contributed by atoms with Gasteiger partial charge in [-0.15, -0.1) is 0 Å². The maximum absolute atomic E-state index is 14.3. The maximum Gasteiger partial charge on any atom is 0.459 e. The molecule has 5 rings (SSSR count). The number of hydrogen-bond donors (Lipinski definition) is 2. The third-order valence-corrected chi connectivity index (χ3v) is 9.54. The van der Waals surface area contributed by atoms with Crippen molar-refractivity contribution < 1.29 is 46.9 Å². The normalized spacial score (nSPS) is 24.1. The number of nitrogens with zero attached hydrogens (tertiary/aromatic N) is 4. The van der Waals surface area contributed by atoms with E-state index < -0.39 is 62.3 Å². The largest absolute Gasteiger partial charge is 0.461 e. The number of para-hydroxylation sites is 1. The van der Waals surface area contributed by atoms with E-state index in [2.05, 4.69) is 20.0 Å². The van der Waals surface area contributed by atoms with Crippen LogP contribution >= 0.6 is 7.75 Å². The summed E-state index contributed by atoms with van der Waals surface area (Å²) in [6.45, 7) is 12.0. The van der Waals surface area contributed by atoms with Crippen LogP contribution in [-0.4, -0.2) is 69.2 Å². The molecule has 1 aromatic carbocycles. The van der Waals surface area contributed by atoms with E-state index in [9.17, 15) is 18.9 Å². The van der Waals surface area contributed by atoms with Crippen molar-refractivity contribution in [3.05, 3.63) is 65.9 Å². The zero-order chi connectivity index (χ0) is 34.5. The van der Waals surface area contributed by atoms with Gasteiger partial charge in [0.25, 0.3) is 0 Å². The summed E-state index contributed by atoms with van der Waals surface area (Å²) in [5.74, 6) is -1.77. The molecular formula is C31H37N6O10P. The number of nitrogen functional groups attached to an aromatic ring is 1. The second kappa shape index (κ2) is 14.7. The second-order valence-corrected chi connectivity index (χ2v) is 13.0. The number of nitrogens with two attached hydrogens (primary N) is 1. The number of esters is 3. The molecule has 0 radical (unpaired) electrons. The molecule has 1 aliphatic heterocycles. The molecule has 3 heterocycles. The SMILES string of the molecule is [C-]#[N+][C@]1(CO[P@@](=O)(NC(C)C(=O)OC2CCC2)Oc2ccccc2)O[C@@H](c2ccc3c(N)ncnn23)[C@H](OC(=O)CC)[C@@H]1OC(=O)CC. The highest BCUT2D eigenvalue weighted by atomic mass is 31.2. The molecule has 256 valence electrons. The molecule has 48 heavy (non-hydrogen) atoms. The van der Waals surface area contributed by atoms with Crippen LogP contribution in [0.3, 0.4) is 0 Å². The highest BCUT2D eigenvalue weighted by Crippen LogP contribution is 2.50. The fraction of sp³-hybridized carbons (Fsp3) is 0.484. The zero-order valence-electron chi connectivity index (χ0n) is 26.6. The van der Waals surface area contributed by atoms with Crippen LogP contribution in [0.2, 0.25) is 0 Å². The topological polar surface area (TPSA) is 196 Å². The number of ether oxygens (including phenoxy) is 4. The van der Waals surface area contributed by atoms with Gasteiger partial charge < -0.3 is 24.5 Å². The van der Waals surface area contributed by atoms with Crippen molar-refractivity contribution in [2.45, 2.75) is 89.1 Å². The molecule has 0 amide bonds. The summed E-state index contributed by atoms with van der Waals surface area (Å²) in [6.07, 6.45) is -0.923. The van der Waals surface area contributed by atoms with Crippen LogP contribution in [-0.2, 0) is 42.4 Å². The lowest BCUT2D eigenvalue weighted by molar-refractivity contribution is -0.169. The monoisotopic (exact) mass is 684 g/mol. The average molecular weight is 685 g/mol. The Hall–Kier alpha value is -4.55. The van der Waals surface area contributed by atoms with E-state index in [-0.39, 0.29) is 30.5 Å². The molecule has 17 heteroatoms. The van der Waals surface area contributed by atoms with Crippen LogP contribution in [0.1, 0.15) is 64.7 Å². The lowest BCUT2D eigenvalue weighted by atomic mass is 9.96. The Kier molecular flexibility index (Phi) is 10.6. The number of benzene rings is 1. The molecule has 1 saturated carbocycles. The summed E-state index contributed by atoms with van der Waals surface area (Å²) in [6, 6.07) is 10.1. The first kappa shape index (κ1) is 34.8. The van der Waals surface area contributed by atoms with Crippen molar-refractivity contribution in [3.63, 3.8) is 0 Å². The Bertz CT molecular complexity index is 1730. The molecule has 3 N–H and O–H groups in total. The zero-order valence-corrected chi connectivity index (χ0v) is 27.5. The van der Waals surface area contributed by atoms with E-state index in [1.807, 2.05) is 0 Å². The number of aromatic nitrogens is 3. The Balaban J connectivity index is 1.51. The fourth-order valence-electron chi connectivity index (χ4n) is 5.10. The first-order valence-corrected chi connectivity index (χ1v) is 17.1. The molecule has 2 fully saturated rings. The van der Waals surface area contributed by atoms with E-state index in [1.54, 1.807) is 44.2 Å². The van der Waals surface area contributed by atoms with Gasteiger partial charge in [0.05, 0.1) is 5.69 Å². The van der Waals surface area contributed by atoms with Gasteiger partial charge >= 0.3 is 31.4 Å². The summed E-state index contributed by atoms with van der Waals surface area (Å²) < 4.78 is 50.7. The van der Waals surface area contributed by atoms with Gasteiger partial charge in [-0.1, -0.05) is 32.0 Å². The number of anilines is 1. The average Bonchev–Trinajstić information content (AvgIpc) is 3.62. The highest BCUT2D eigenvalue weighted by Gasteiger charge is 2.67. The van der Waals surface area contributed by atoms with E-state index >= 15 is 0 Å². The van der Waals surface area contributed by atoms with E-state index in [0.29, 0.717) is 11.2 Å². The standard InChI is InChI=1S/C31H37N6O10P/c1-5-24(38)44-27-26(22-15-16-23-29(32)34-18-35-37(22)23)46-31(33-4,28(27)45-25(39)6-2)17-42-48(41,47-21-11-8-7-9-12-21)36-19(3)30(40)43-20-13-10-14-20/h7-9,11-12,15-16,18-20,26-28H,5-6,10,13-14,17H2,1-3H3,(H,36,41)(H2,32,34,35)/t19?,26-,27-,28-,31+,48-/m0/s1. The lowest BCUT2D eigenvalue weighted by Crippen LogP contribution is -2.48. The molecule has 2 aliphatic rings. The maximum atomic E-state index is 14.3. The molecule has 1 unspecified atom stereocenters. The Morgan fingerprint density at radius 2 is 1.83 bits per heavy atom. The smallest absolute Gasteiger partial charge is 0.459 e. The summed E-state index contributed by atoms with van der Waals surface area (Å²) in [7, 11) is -4.50. The Morgan fingerprint density at radius 3 is 2.48 bits per heavy atom. The number of hydrogen-bond acceptors (Lipinski definition) is 13. The number of nitrogens with one attached hydrogen (secondary N) is 1. The predicted molar refractivity (Wildman–Crippen MR) is 168 cm³/mol. The Labute approximate surface area is 276 Å². The summed E-state index contributed by atoms with van der Waals surface area (Å²) in [5, 5.41) is 6.84. The summed E-state index contributed by atoms with van der Waals surface area (Å²) >= 11 is 0. The van der Waals surface area contributed by atoms with Crippen molar-refractivity contribution in [1.29, 1.82) is 0 Å². The van der Waals surface area contributed by atoms with E-state index in [0.717, 1.165) is 19.3 Å². The second-order valence-electron chi connectivity index (χ2n) is 11.3. The number of carbonyl (C=O) groups is 3. The minimum Gasteiger partial charge on any atom is -0.461 e. The van der Waals surface area contributed by atoms with Gasteiger partial charge in [-0.3, -0.25) is 28.5 Å². The molecule has 1 saturated heterocycles. The summed E-state index contributed by atoms with van der Waals surface area (Å²) in [5.41, 5.74) is 4.50. The van der Waals surface area contributed by atoms with Crippen LogP contribution in [0, 0.1) is 6.57 Å². The third kappa shape index (κ3) is 7.44. The molecule has 1 aliphatic carbocycles. The van der Waals surface area contributed by atoms with Crippen molar-refractivity contribution in [2.75, 3.05) is 12.3 Å². The van der Waals surface area contributed by atoms with Crippen LogP contribution in [0.15, 0.2) is 48.8 Å². The van der Waals surface area contributed by atoms with Gasteiger partial charge in [-0.05, 0) is 50.5 Å². The molecule has 16 nitrogen and oxygen atoms in total. The van der Waals surface area contributed by atoms with Crippen LogP contribution in [0.5, 0.6) is 5.75 Å². The van der Waals surface area contributed by atoms with E-state index in [4.69, 9.17) is 40.3 Å². The quantitative estimate of drug-likeness (QED) is 0.107.